The zero-order chi connectivity index (χ0) is 15.2. The number of carbonyl (C=O) groups excluding carboxylic acids is 1. The zero-order valence-corrected chi connectivity index (χ0v) is 12.0. The number of hydrogen-bond acceptors (Lipinski definition) is 3. The van der Waals surface area contributed by atoms with Crippen molar-refractivity contribution in [2.24, 2.45) is 5.92 Å². The molecule has 0 radical (unpaired) electrons. The number of nitrogens with zero attached hydrogens (tertiary/aromatic N) is 1. The molecule has 0 bridgehead atoms. The third kappa shape index (κ3) is 3.95. The Balaban J connectivity index is 2.01. The predicted molar refractivity (Wildman–Crippen MR) is 77.3 cm³/mol. The molecule has 1 saturated heterocycles. The smallest absolute Gasteiger partial charge is 0.407 e. The number of piperidine rings is 1. The standard InChI is InChI=1S/C15H20N2O4/c1-21-10-12-9-17(15(19)20)8-7-13(12)16-14(18)11-5-3-2-4-6-11/h2-6,12-13H,7-10H2,1H3,(H,16,18)(H,19,20). The number of rotatable bonds is 4. The van der Waals surface area contributed by atoms with Gasteiger partial charge < -0.3 is 20.1 Å². The molecule has 1 heterocycles. The molecular weight excluding hydrogens is 272 g/mol. The Morgan fingerprint density at radius 2 is 2.10 bits per heavy atom. The van der Waals surface area contributed by atoms with Crippen molar-refractivity contribution in [1.82, 2.24) is 10.2 Å². The molecule has 0 saturated carbocycles. The van der Waals surface area contributed by atoms with Crippen LogP contribution in [0.1, 0.15) is 16.8 Å². The molecule has 2 N–H and O–H groups in total. The quantitative estimate of drug-likeness (QED) is 0.880. The highest BCUT2D eigenvalue weighted by Gasteiger charge is 2.32. The molecule has 6 heteroatoms. The SMILES string of the molecule is COCC1CN(C(=O)O)CCC1NC(=O)c1ccccc1. The minimum absolute atomic E-state index is 0.0347. The molecular formula is C15H20N2O4. The van der Waals surface area contributed by atoms with Gasteiger partial charge in [0.15, 0.2) is 0 Å². The number of hydrogen-bond donors (Lipinski definition) is 2. The normalized spacial score (nSPS) is 21.9. The van der Waals surface area contributed by atoms with Gasteiger partial charge in [-0.1, -0.05) is 18.2 Å². The topological polar surface area (TPSA) is 78.9 Å². The first-order valence-corrected chi connectivity index (χ1v) is 6.94. The Morgan fingerprint density at radius 1 is 1.38 bits per heavy atom. The fourth-order valence-electron chi connectivity index (χ4n) is 2.62. The highest BCUT2D eigenvalue weighted by atomic mass is 16.5. The maximum atomic E-state index is 12.2. The summed E-state index contributed by atoms with van der Waals surface area (Å²) in [5.41, 5.74) is 0.606. The fourth-order valence-corrected chi connectivity index (χ4v) is 2.62. The lowest BCUT2D eigenvalue weighted by Crippen LogP contribution is -2.53. The van der Waals surface area contributed by atoms with Crippen molar-refractivity contribution in [1.29, 1.82) is 0 Å². The lowest BCUT2D eigenvalue weighted by atomic mass is 9.92. The summed E-state index contributed by atoms with van der Waals surface area (Å²) < 4.78 is 5.16. The van der Waals surface area contributed by atoms with Crippen LogP contribution in [0.5, 0.6) is 0 Å². The van der Waals surface area contributed by atoms with Crippen LogP contribution in [0.3, 0.4) is 0 Å². The van der Waals surface area contributed by atoms with E-state index in [1.807, 2.05) is 18.2 Å². The van der Waals surface area contributed by atoms with Crippen molar-refractivity contribution >= 4 is 12.0 Å². The Bertz CT molecular complexity index is 492. The number of likely N-dealkylation sites (tertiary alicyclic amines) is 1. The summed E-state index contributed by atoms with van der Waals surface area (Å²) in [6, 6.07) is 8.92. The molecule has 1 aliphatic heterocycles. The molecule has 2 atom stereocenters. The number of methoxy groups -OCH3 is 1. The number of carbonyl (C=O) groups is 2. The largest absolute Gasteiger partial charge is 0.465 e. The maximum absolute atomic E-state index is 12.2. The van der Waals surface area contributed by atoms with Gasteiger partial charge in [0, 0.05) is 37.7 Å². The van der Waals surface area contributed by atoms with Gasteiger partial charge in [0.1, 0.15) is 0 Å². The number of nitrogens with one attached hydrogen (secondary N) is 1. The minimum Gasteiger partial charge on any atom is -0.465 e. The molecule has 1 aliphatic rings. The van der Waals surface area contributed by atoms with E-state index in [1.54, 1.807) is 19.2 Å². The second-order valence-corrected chi connectivity index (χ2v) is 5.18. The van der Waals surface area contributed by atoms with Crippen LogP contribution < -0.4 is 5.32 Å². The Labute approximate surface area is 123 Å². The Morgan fingerprint density at radius 3 is 2.71 bits per heavy atom. The molecule has 0 aliphatic carbocycles. The molecule has 0 aromatic heterocycles. The highest BCUT2D eigenvalue weighted by molar-refractivity contribution is 5.94. The van der Waals surface area contributed by atoms with Gasteiger partial charge in [0.2, 0.25) is 0 Å². The molecule has 0 spiro atoms. The van der Waals surface area contributed by atoms with E-state index in [9.17, 15) is 9.59 Å². The van der Waals surface area contributed by atoms with Gasteiger partial charge in [0.25, 0.3) is 5.91 Å². The summed E-state index contributed by atoms with van der Waals surface area (Å²) in [7, 11) is 1.58. The summed E-state index contributed by atoms with van der Waals surface area (Å²) in [4.78, 5) is 24.6. The van der Waals surface area contributed by atoms with E-state index in [1.165, 1.54) is 4.90 Å². The van der Waals surface area contributed by atoms with Crippen molar-refractivity contribution in [3.63, 3.8) is 0 Å². The van der Waals surface area contributed by atoms with Crippen LogP contribution in [-0.4, -0.2) is 54.9 Å². The molecule has 2 unspecified atom stereocenters. The average molecular weight is 292 g/mol. The average Bonchev–Trinajstić information content (AvgIpc) is 2.50. The molecule has 21 heavy (non-hydrogen) atoms. The van der Waals surface area contributed by atoms with Crippen LogP contribution in [-0.2, 0) is 4.74 Å². The molecule has 2 rings (SSSR count). The fraction of sp³-hybridized carbons (Fsp3) is 0.467. The minimum atomic E-state index is -0.927. The lowest BCUT2D eigenvalue weighted by Gasteiger charge is -2.37. The van der Waals surface area contributed by atoms with E-state index < -0.39 is 6.09 Å². The molecule has 2 amide bonds. The van der Waals surface area contributed by atoms with Crippen LogP contribution in [0.2, 0.25) is 0 Å². The van der Waals surface area contributed by atoms with Crippen LogP contribution in [0.4, 0.5) is 4.79 Å². The second kappa shape index (κ2) is 7.08. The summed E-state index contributed by atoms with van der Waals surface area (Å²) in [5.74, 6) is -0.169. The first kappa shape index (κ1) is 15.3. The van der Waals surface area contributed by atoms with E-state index in [0.717, 1.165) is 0 Å². The monoisotopic (exact) mass is 292 g/mol. The lowest BCUT2D eigenvalue weighted by molar-refractivity contribution is 0.0589. The third-order valence-electron chi connectivity index (χ3n) is 3.74. The highest BCUT2D eigenvalue weighted by Crippen LogP contribution is 2.18. The summed E-state index contributed by atoms with van der Waals surface area (Å²) >= 11 is 0. The number of benzene rings is 1. The van der Waals surface area contributed by atoms with Crippen LogP contribution >= 0.6 is 0 Å². The van der Waals surface area contributed by atoms with Crippen molar-refractivity contribution in [3.8, 4) is 0 Å². The van der Waals surface area contributed by atoms with Crippen molar-refractivity contribution in [2.45, 2.75) is 12.5 Å². The zero-order valence-electron chi connectivity index (χ0n) is 12.0. The number of carboxylic acid groups (broad SMARTS) is 1. The molecule has 114 valence electrons. The van der Waals surface area contributed by atoms with Gasteiger partial charge in [-0.05, 0) is 18.6 Å². The van der Waals surface area contributed by atoms with Gasteiger partial charge in [-0.3, -0.25) is 4.79 Å². The molecule has 6 nitrogen and oxygen atoms in total. The number of amides is 2. The molecule has 1 aromatic rings. The van der Waals surface area contributed by atoms with Crippen LogP contribution in [0.25, 0.3) is 0 Å². The van der Waals surface area contributed by atoms with Gasteiger partial charge in [-0.2, -0.15) is 0 Å². The van der Waals surface area contributed by atoms with E-state index in [0.29, 0.717) is 31.7 Å². The summed E-state index contributed by atoms with van der Waals surface area (Å²) in [5, 5.41) is 12.1. The van der Waals surface area contributed by atoms with E-state index in [4.69, 9.17) is 9.84 Å². The number of ether oxygens (including phenoxy) is 1. The van der Waals surface area contributed by atoms with Gasteiger partial charge in [0.05, 0.1) is 6.61 Å². The first-order chi connectivity index (χ1) is 10.1. The predicted octanol–water partition coefficient (Wildman–Crippen LogP) is 1.43. The van der Waals surface area contributed by atoms with Crippen molar-refractivity contribution < 1.29 is 19.4 Å². The van der Waals surface area contributed by atoms with Gasteiger partial charge >= 0.3 is 6.09 Å². The van der Waals surface area contributed by atoms with E-state index in [2.05, 4.69) is 5.32 Å². The van der Waals surface area contributed by atoms with Gasteiger partial charge in [-0.15, -0.1) is 0 Å². The molecule has 1 aromatic carbocycles. The Hall–Kier alpha value is -2.08. The maximum Gasteiger partial charge on any atom is 0.407 e. The molecule has 1 fully saturated rings. The van der Waals surface area contributed by atoms with Crippen LogP contribution in [0, 0.1) is 5.92 Å². The Kier molecular flexibility index (Phi) is 5.16. The summed E-state index contributed by atoms with van der Waals surface area (Å²) in [6.45, 7) is 1.22. The second-order valence-electron chi connectivity index (χ2n) is 5.18. The van der Waals surface area contributed by atoms with Crippen LogP contribution in [0.15, 0.2) is 30.3 Å². The first-order valence-electron chi connectivity index (χ1n) is 6.94. The summed E-state index contributed by atoms with van der Waals surface area (Å²) in [6.07, 6.45) is -0.331. The van der Waals surface area contributed by atoms with Crippen molar-refractivity contribution in [3.05, 3.63) is 35.9 Å². The van der Waals surface area contributed by atoms with Gasteiger partial charge in [-0.25, -0.2) is 4.79 Å². The van der Waals surface area contributed by atoms with E-state index in [-0.39, 0.29) is 17.9 Å². The van der Waals surface area contributed by atoms with Crippen molar-refractivity contribution in [2.75, 3.05) is 26.8 Å². The van der Waals surface area contributed by atoms with E-state index >= 15 is 0 Å². The third-order valence-corrected chi connectivity index (χ3v) is 3.74.